The van der Waals surface area contributed by atoms with E-state index in [1.54, 1.807) is 0 Å². The average Bonchev–Trinajstić information content (AvgIpc) is 2.14. The fraction of sp³-hybridized carbons (Fsp3) is 0.778. The van der Waals surface area contributed by atoms with Gasteiger partial charge in [-0.05, 0) is 13.8 Å². The summed E-state index contributed by atoms with van der Waals surface area (Å²) in [5, 5.41) is 0. The third kappa shape index (κ3) is 5.85. The Kier molecular flexibility index (Phi) is 8.08. The average molecular weight is 204 g/mol. The predicted octanol–water partition coefficient (Wildman–Crippen LogP) is 1.83. The van der Waals surface area contributed by atoms with Crippen LogP contribution in [-0.2, 0) is 13.6 Å². The van der Waals surface area contributed by atoms with E-state index in [1.165, 1.54) is 6.26 Å². The maximum atomic E-state index is 5.54. The molecule has 1 unspecified atom stereocenters. The molecule has 0 aromatic rings. The molecule has 0 radical (unpaired) electrons. The van der Waals surface area contributed by atoms with Gasteiger partial charge in [-0.15, -0.1) is 0 Å². The van der Waals surface area contributed by atoms with Crippen LogP contribution in [0.3, 0.4) is 0 Å². The predicted molar refractivity (Wildman–Crippen MR) is 56.0 cm³/mol. The van der Waals surface area contributed by atoms with Crippen molar-refractivity contribution in [1.29, 1.82) is 0 Å². The SMILES string of the molecule is C=COCC(C)[SiH](OCC)OCC. The van der Waals surface area contributed by atoms with Crippen molar-refractivity contribution in [3.8, 4) is 0 Å². The summed E-state index contributed by atoms with van der Waals surface area (Å²) in [5.74, 6) is 0. The quantitative estimate of drug-likeness (QED) is 0.446. The third-order valence-electron chi connectivity index (χ3n) is 1.60. The topological polar surface area (TPSA) is 27.7 Å². The Bertz CT molecular complexity index is 124. The zero-order chi connectivity index (χ0) is 10.1. The molecule has 78 valence electrons. The minimum Gasteiger partial charge on any atom is -0.502 e. The molecule has 13 heavy (non-hydrogen) atoms. The Labute approximate surface area is 82.5 Å². The summed E-state index contributed by atoms with van der Waals surface area (Å²) in [6.45, 7) is 11.6. The Morgan fingerprint density at radius 2 is 1.85 bits per heavy atom. The first-order valence-electron chi connectivity index (χ1n) is 4.71. The van der Waals surface area contributed by atoms with E-state index in [2.05, 4.69) is 13.5 Å². The molecule has 0 heterocycles. The van der Waals surface area contributed by atoms with Crippen LogP contribution in [0, 0.1) is 0 Å². The van der Waals surface area contributed by atoms with E-state index in [1.807, 2.05) is 13.8 Å². The van der Waals surface area contributed by atoms with Crippen LogP contribution in [0.5, 0.6) is 0 Å². The lowest BCUT2D eigenvalue weighted by molar-refractivity contribution is 0.179. The van der Waals surface area contributed by atoms with E-state index in [0.29, 0.717) is 12.1 Å². The van der Waals surface area contributed by atoms with Crippen molar-refractivity contribution < 1.29 is 13.6 Å². The summed E-state index contributed by atoms with van der Waals surface area (Å²) in [4.78, 5) is 0. The van der Waals surface area contributed by atoms with Gasteiger partial charge in [-0.2, -0.15) is 0 Å². The maximum absolute atomic E-state index is 5.54. The van der Waals surface area contributed by atoms with Gasteiger partial charge >= 0.3 is 9.28 Å². The van der Waals surface area contributed by atoms with E-state index in [9.17, 15) is 0 Å². The molecule has 0 aromatic carbocycles. The second-order valence-electron chi connectivity index (χ2n) is 2.76. The molecule has 3 nitrogen and oxygen atoms in total. The molecule has 0 spiro atoms. The highest BCUT2D eigenvalue weighted by Gasteiger charge is 2.21. The van der Waals surface area contributed by atoms with Gasteiger partial charge in [0.1, 0.15) is 0 Å². The highest BCUT2D eigenvalue weighted by Crippen LogP contribution is 2.12. The summed E-state index contributed by atoms with van der Waals surface area (Å²) in [7, 11) is -1.53. The third-order valence-corrected chi connectivity index (χ3v) is 4.05. The Morgan fingerprint density at radius 3 is 2.23 bits per heavy atom. The summed E-state index contributed by atoms with van der Waals surface area (Å²) in [6.07, 6.45) is 1.46. The molecular weight excluding hydrogens is 184 g/mol. The van der Waals surface area contributed by atoms with Gasteiger partial charge in [-0.3, -0.25) is 0 Å². The molecular formula is C9H20O3Si. The van der Waals surface area contributed by atoms with Gasteiger partial charge in [0.2, 0.25) is 0 Å². The minimum atomic E-state index is -1.53. The molecule has 0 rings (SSSR count). The zero-order valence-corrected chi connectivity index (χ0v) is 9.94. The Balaban J connectivity index is 3.78. The van der Waals surface area contributed by atoms with Crippen molar-refractivity contribution in [2.45, 2.75) is 26.3 Å². The number of hydrogen-bond donors (Lipinski definition) is 0. The maximum Gasteiger partial charge on any atom is 0.327 e. The lowest BCUT2D eigenvalue weighted by atomic mass is 10.5. The smallest absolute Gasteiger partial charge is 0.327 e. The van der Waals surface area contributed by atoms with Crippen LogP contribution in [0.2, 0.25) is 5.54 Å². The first-order valence-corrected chi connectivity index (χ1v) is 6.32. The largest absolute Gasteiger partial charge is 0.502 e. The molecule has 4 heteroatoms. The van der Waals surface area contributed by atoms with Crippen LogP contribution in [-0.4, -0.2) is 29.1 Å². The van der Waals surface area contributed by atoms with Crippen molar-refractivity contribution in [3.05, 3.63) is 12.8 Å². The van der Waals surface area contributed by atoms with E-state index >= 15 is 0 Å². The number of ether oxygens (including phenoxy) is 1. The molecule has 0 N–H and O–H groups in total. The zero-order valence-electron chi connectivity index (χ0n) is 8.79. The van der Waals surface area contributed by atoms with E-state index in [4.69, 9.17) is 13.6 Å². The van der Waals surface area contributed by atoms with Gasteiger partial charge < -0.3 is 13.6 Å². The van der Waals surface area contributed by atoms with Gasteiger partial charge in [0, 0.05) is 18.8 Å². The highest BCUT2D eigenvalue weighted by atomic mass is 28.3. The van der Waals surface area contributed by atoms with Gasteiger partial charge in [0.25, 0.3) is 0 Å². The van der Waals surface area contributed by atoms with Gasteiger partial charge in [-0.1, -0.05) is 13.5 Å². The summed E-state index contributed by atoms with van der Waals surface area (Å²) in [6, 6.07) is 0. The van der Waals surface area contributed by atoms with E-state index < -0.39 is 9.28 Å². The van der Waals surface area contributed by atoms with Gasteiger partial charge in [0.15, 0.2) is 0 Å². The Hall–Kier alpha value is -0.323. The van der Waals surface area contributed by atoms with Crippen molar-refractivity contribution in [3.63, 3.8) is 0 Å². The van der Waals surface area contributed by atoms with Crippen molar-refractivity contribution in [2.75, 3.05) is 19.8 Å². The van der Waals surface area contributed by atoms with Gasteiger partial charge in [-0.25, -0.2) is 0 Å². The second-order valence-corrected chi connectivity index (χ2v) is 5.30. The molecule has 0 saturated heterocycles. The lowest BCUT2D eigenvalue weighted by Gasteiger charge is -2.20. The monoisotopic (exact) mass is 204 g/mol. The van der Waals surface area contributed by atoms with Crippen LogP contribution in [0.1, 0.15) is 20.8 Å². The molecule has 0 aliphatic carbocycles. The molecule has 1 atom stereocenters. The summed E-state index contributed by atoms with van der Waals surface area (Å²) in [5.41, 5.74) is 0.359. The number of rotatable bonds is 8. The molecule has 0 amide bonds. The molecule has 0 fully saturated rings. The van der Waals surface area contributed by atoms with Crippen molar-refractivity contribution in [1.82, 2.24) is 0 Å². The first-order chi connectivity index (χ1) is 6.26. The molecule has 0 aliphatic heterocycles. The minimum absolute atomic E-state index is 0.359. The van der Waals surface area contributed by atoms with Crippen LogP contribution in [0.4, 0.5) is 0 Å². The van der Waals surface area contributed by atoms with Crippen molar-refractivity contribution in [2.24, 2.45) is 0 Å². The van der Waals surface area contributed by atoms with E-state index in [-0.39, 0.29) is 0 Å². The standard InChI is InChI=1S/C9H20O3Si/c1-5-10-8-9(4)13(11-6-2)12-7-3/h5,9,13H,1,6-8H2,2-4H3. The summed E-state index contributed by atoms with van der Waals surface area (Å²) >= 11 is 0. The first kappa shape index (κ1) is 12.7. The lowest BCUT2D eigenvalue weighted by Crippen LogP contribution is -2.29. The highest BCUT2D eigenvalue weighted by molar-refractivity contribution is 6.46. The normalized spacial score (nSPS) is 12.9. The molecule has 0 aliphatic rings. The second kappa shape index (κ2) is 8.28. The fourth-order valence-corrected chi connectivity index (χ4v) is 2.68. The fourth-order valence-electron chi connectivity index (χ4n) is 1.00. The van der Waals surface area contributed by atoms with Crippen molar-refractivity contribution >= 4 is 9.28 Å². The van der Waals surface area contributed by atoms with Crippen LogP contribution in [0.25, 0.3) is 0 Å². The molecule has 0 bridgehead atoms. The van der Waals surface area contributed by atoms with Gasteiger partial charge in [0.05, 0.1) is 12.9 Å². The Morgan fingerprint density at radius 1 is 1.31 bits per heavy atom. The summed E-state index contributed by atoms with van der Waals surface area (Å²) < 4.78 is 16.2. The number of hydrogen-bond acceptors (Lipinski definition) is 3. The molecule has 0 saturated carbocycles. The van der Waals surface area contributed by atoms with Crippen LogP contribution >= 0.6 is 0 Å². The van der Waals surface area contributed by atoms with Crippen LogP contribution < -0.4 is 0 Å². The van der Waals surface area contributed by atoms with E-state index in [0.717, 1.165) is 13.2 Å². The molecule has 0 aromatic heterocycles. The van der Waals surface area contributed by atoms with Crippen LogP contribution in [0.15, 0.2) is 12.8 Å².